The summed E-state index contributed by atoms with van der Waals surface area (Å²) in [7, 11) is 0. The highest BCUT2D eigenvalue weighted by atomic mass is 79.9. The molecule has 1 N–H and O–H groups in total. The van der Waals surface area contributed by atoms with Crippen molar-refractivity contribution < 1.29 is 4.42 Å². The Balaban J connectivity index is 1.53. The summed E-state index contributed by atoms with van der Waals surface area (Å²) in [6, 6.07) is 28.2. The van der Waals surface area contributed by atoms with Gasteiger partial charge >= 0.3 is 0 Å². The van der Waals surface area contributed by atoms with Gasteiger partial charge in [0.05, 0.1) is 34.0 Å². The van der Waals surface area contributed by atoms with Crippen LogP contribution in [-0.2, 0) is 0 Å². The molecular weight excluding hydrogens is 552 g/mol. The normalized spacial score (nSPS) is 16.8. The Morgan fingerprint density at radius 1 is 0.923 bits per heavy atom. The van der Waals surface area contributed by atoms with Crippen molar-refractivity contribution in [1.29, 1.82) is 0 Å². The molecule has 0 aliphatic carbocycles. The molecule has 0 saturated carbocycles. The van der Waals surface area contributed by atoms with Gasteiger partial charge in [-0.05, 0) is 84.7 Å². The number of amidine groups is 2. The van der Waals surface area contributed by atoms with Crippen molar-refractivity contribution in [3.63, 3.8) is 0 Å². The molecule has 39 heavy (non-hydrogen) atoms. The van der Waals surface area contributed by atoms with E-state index in [4.69, 9.17) is 19.5 Å². The van der Waals surface area contributed by atoms with E-state index in [1.807, 2.05) is 66.2 Å². The quantitative estimate of drug-likeness (QED) is 0.236. The minimum atomic E-state index is -0.302. The Labute approximate surface area is 234 Å². The molecule has 0 fully saturated rings. The van der Waals surface area contributed by atoms with Crippen LogP contribution in [0.2, 0.25) is 0 Å². The fourth-order valence-corrected chi connectivity index (χ4v) is 5.70. The molecule has 192 valence electrons. The van der Waals surface area contributed by atoms with E-state index < -0.39 is 0 Å². The number of aliphatic imine (C=N–C) groups is 2. The molecule has 8 heteroatoms. The second-order valence-electron chi connectivity index (χ2n) is 9.81. The van der Waals surface area contributed by atoms with E-state index in [0.717, 1.165) is 51.1 Å². The first-order valence-electron chi connectivity index (χ1n) is 12.8. The van der Waals surface area contributed by atoms with Crippen LogP contribution in [0.4, 0.5) is 22.9 Å². The molecular formula is C31H25BrN6O. The number of aryl methyl sites for hydroxylation is 3. The fraction of sp³-hybridized carbons (Fsp3) is 0.129. The van der Waals surface area contributed by atoms with Crippen LogP contribution in [0.3, 0.4) is 0 Å². The number of fused-ring (bicyclic) bond motifs is 4. The van der Waals surface area contributed by atoms with Gasteiger partial charge in [0.15, 0.2) is 22.2 Å². The van der Waals surface area contributed by atoms with E-state index in [-0.39, 0.29) is 6.04 Å². The van der Waals surface area contributed by atoms with Gasteiger partial charge in [0.2, 0.25) is 0 Å². The summed E-state index contributed by atoms with van der Waals surface area (Å²) in [4.78, 5) is 12.6. The van der Waals surface area contributed by atoms with Crippen molar-refractivity contribution in [3.8, 4) is 5.69 Å². The average Bonchev–Trinajstić information content (AvgIpc) is 3.52. The van der Waals surface area contributed by atoms with Crippen molar-refractivity contribution in [2.75, 3.05) is 10.2 Å². The zero-order chi connectivity index (χ0) is 26.7. The molecule has 1 atom stereocenters. The third-order valence-corrected chi connectivity index (χ3v) is 7.56. The van der Waals surface area contributed by atoms with Crippen LogP contribution in [0, 0.1) is 20.8 Å². The van der Waals surface area contributed by atoms with Gasteiger partial charge < -0.3 is 14.6 Å². The molecule has 7 nitrogen and oxygen atoms in total. The summed E-state index contributed by atoms with van der Waals surface area (Å²) >= 11 is 3.52. The Bertz CT molecular complexity index is 1800. The minimum absolute atomic E-state index is 0.302. The molecule has 0 unspecified atom stereocenters. The molecule has 2 aliphatic heterocycles. The molecule has 0 amide bonds. The average molecular weight is 577 g/mol. The van der Waals surface area contributed by atoms with Gasteiger partial charge in [-0.25, -0.2) is 14.7 Å². The number of para-hydroxylation sites is 3. The zero-order valence-electron chi connectivity index (χ0n) is 21.7. The molecule has 2 aromatic heterocycles. The predicted molar refractivity (Wildman–Crippen MR) is 159 cm³/mol. The Morgan fingerprint density at radius 2 is 1.72 bits per heavy atom. The maximum Gasteiger partial charge on any atom is 0.179 e. The van der Waals surface area contributed by atoms with Gasteiger partial charge in [-0.1, -0.05) is 48.0 Å². The number of rotatable bonds is 3. The van der Waals surface area contributed by atoms with Gasteiger partial charge in [0, 0.05) is 0 Å². The van der Waals surface area contributed by atoms with Gasteiger partial charge in [0.25, 0.3) is 0 Å². The van der Waals surface area contributed by atoms with Gasteiger partial charge in [-0.2, -0.15) is 5.10 Å². The maximum atomic E-state index is 6.22. The molecule has 0 saturated heterocycles. The smallest absolute Gasteiger partial charge is 0.179 e. The Kier molecular flexibility index (Phi) is 5.52. The van der Waals surface area contributed by atoms with E-state index in [1.165, 1.54) is 5.56 Å². The van der Waals surface area contributed by atoms with E-state index in [0.29, 0.717) is 16.3 Å². The first kappa shape index (κ1) is 23.7. The van der Waals surface area contributed by atoms with E-state index in [9.17, 15) is 0 Å². The van der Waals surface area contributed by atoms with Crippen LogP contribution in [0.15, 0.2) is 104 Å². The van der Waals surface area contributed by atoms with E-state index in [1.54, 1.807) is 0 Å². The second-order valence-corrected chi connectivity index (χ2v) is 10.6. The first-order valence-corrected chi connectivity index (χ1v) is 13.6. The Hall–Kier alpha value is -4.43. The van der Waals surface area contributed by atoms with Crippen LogP contribution in [0.5, 0.6) is 0 Å². The highest BCUT2D eigenvalue weighted by molar-refractivity contribution is 9.10. The largest absolute Gasteiger partial charge is 0.452 e. The van der Waals surface area contributed by atoms with Crippen LogP contribution in [-0.4, -0.2) is 21.5 Å². The lowest BCUT2D eigenvalue weighted by Crippen LogP contribution is -2.48. The predicted octanol–water partition coefficient (Wildman–Crippen LogP) is 7.95. The highest BCUT2D eigenvalue weighted by Crippen LogP contribution is 2.48. The summed E-state index contributed by atoms with van der Waals surface area (Å²) in [6.07, 6.45) is 0. The van der Waals surface area contributed by atoms with Crippen LogP contribution >= 0.6 is 15.9 Å². The minimum Gasteiger partial charge on any atom is -0.452 e. The highest BCUT2D eigenvalue weighted by Gasteiger charge is 2.43. The summed E-state index contributed by atoms with van der Waals surface area (Å²) in [5, 5.41) is 8.53. The first-order chi connectivity index (χ1) is 19.0. The van der Waals surface area contributed by atoms with Gasteiger partial charge in [0.1, 0.15) is 11.8 Å². The summed E-state index contributed by atoms with van der Waals surface area (Å²) in [5.41, 5.74) is 7.95. The van der Waals surface area contributed by atoms with Gasteiger partial charge in [-0.3, -0.25) is 0 Å². The number of benzene rings is 3. The molecule has 0 spiro atoms. The number of hydrogen-bond donors (Lipinski definition) is 1. The second kappa shape index (κ2) is 9.10. The lowest BCUT2D eigenvalue weighted by atomic mass is 9.97. The molecule has 4 heterocycles. The van der Waals surface area contributed by atoms with Crippen LogP contribution in [0.25, 0.3) is 5.69 Å². The number of furan rings is 1. The monoisotopic (exact) mass is 576 g/mol. The molecule has 2 aliphatic rings. The van der Waals surface area contributed by atoms with Crippen molar-refractivity contribution in [3.05, 3.63) is 118 Å². The molecule has 0 bridgehead atoms. The standard InChI is InChI=1S/C31H25BrN6O/c1-18-13-14-22(19(2)17-18)33-29-31-35-30-27(20(3)36-38(30)21-9-5-4-6-10-21)28(25-15-16-26(32)39-25)37(31)24-12-8-7-11-23(24)34-29/h4-17,28H,1-3H3,(H,33,34)/t28-/m0/s1. The maximum absolute atomic E-state index is 6.22. The lowest BCUT2D eigenvalue weighted by molar-refractivity contribution is 0.468. The molecule has 7 rings (SSSR count). The van der Waals surface area contributed by atoms with Crippen molar-refractivity contribution in [1.82, 2.24) is 9.78 Å². The van der Waals surface area contributed by atoms with Crippen LogP contribution < -0.4 is 10.2 Å². The van der Waals surface area contributed by atoms with Crippen LogP contribution in [0.1, 0.15) is 34.2 Å². The number of aromatic nitrogens is 2. The van der Waals surface area contributed by atoms with Gasteiger partial charge in [-0.15, -0.1) is 0 Å². The van der Waals surface area contributed by atoms with Crippen molar-refractivity contribution in [2.24, 2.45) is 9.98 Å². The van der Waals surface area contributed by atoms with E-state index in [2.05, 4.69) is 70.3 Å². The topological polar surface area (TPSA) is 71.0 Å². The van der Waals surface area contributed by atoms with Crippen molar-refractivity contribution in [2.45, 2.75) is 26.8 Å². The number of nitrogens with one attached hydrogen (secondary N) is 1. The number of anilines is 2. The SMILES string of the molecule is Cc1ccc(N=C2Nc3ccccc3N3C2=Nc2c(c(C)nn2-c2ccccc2)[C@@H]3c2ccc(Br)o2)c(C)c1. The summed E-state index contributed by atoms with van der Waals surface area (Å²) in [5.74, 6) is 2.92. The summed E-state index contributed by atoms with van der Waals surface area (Å²) < 4.78 is 8.80. The van der Waals surface area contributed by atoms with Crippen molar-refractivity contribution >= 4 is 50.5 Å². The fourth-order valence-electron chi connectivity index (χ4n) is 5.38. The molecule has 5 aromatic rings. The number of nitrogens with zero attached hydrogens (tertiary/aromatic N) is 5. The summed E-state index contributed by atoms with van der Waals surface area (Å²) in [6.45, 7) is 6.20. The molecule has 0 radical (unpaired) electrons. The third-order valence-electron chi connectivity index (χ3n) is 7.13. The Morgan fingerprint density at radius 3 is 2.49 bits per heavy atom. The number of hydrogen-bond acceptors (Lipinski definition) is 5. The lowest BCUT2D eigenvalue weighted by Gasteiger charge is -2.40. The molecule has 3 aromatic carbocycles. The zero-order valence-corrected chi connectivity index (χ0v) is 23.3. The third kappa shape index (κ3) is 3.90. The van der Waals surface area contributed by atoms with E-state index >= 15 is 0 Å². The number of halogens is 1.